The second kappa shape index (κ2) is 6.22. The number of rotatable bonds is 4. The monoisotopic (exact) mass is 298 g/mol. The predicted octanol–water partition coefficient (Wildman–Crippen LogP) is 0.986. The molecule has 1 heterocycles. The van der Waals surface area contributed by atoms with Gasteiger partial charge in [0, 0.05) is 13.1 Å². The third-order valence-corrected chi connectivity index (χ3v) is 5.23. The van der Waals surface area contributed by atoms with Crippen molar-refractivity contribution < 1.29 is 13.2 Å². The molecular weight excluding hydrogens is 276 g/mol. The molecule has 1 fully saturated rings. The van der Waals surface area contributed by atoms with Gasteiger partial charge in [-0.05, 0) is 44.5 Å². The van der Waals surface area contributed by atoms with E-state index >= 15 is 0 Å². The maximum Gasteiger partial charge on any atom is 0.243 e. The lowest BCUT2D eigenvalue weighted by Gasteiger charge is -2.34. The van der Waals surface area contributed by atoms with Crippen molar-refractivity contribution in [1.82, 2.24) is 4.31 Å². The molecular formula is C14H22N2O3S. The van der Waals surface area contributed by atoms with E-state index in [2.05, 4.69) is 0 Å². The van der Waals surface area contributed by atoms with Gasteiger partial charge in [0.2, 0.25) is 10.0 Å². The van der Waals surface area contributed by atoms with Crippen LogP contribution in [0, 0.1) is 0 Å². The van der Waals surface area contributed by atoms with Gasteiger partial charge in [0.1, 0.15) is 0 Å². The molecule has 5 nitrogen and oxygen atoms in total. The Labute approximate surface area is 120 Å². The van der Waals surface area contributed by atoms with Crippen LogP contribution in [0.4, 0.5) is 0 Å². The molecule has 0 saturated carbocycles. The molecule has 2 N–H and O–H groups in total. The van der Waals surface area contributed by atoms with Crippen molar-refractivity contribution in [3.8, 4) is 0 Å². The van der Waals surface area contributed by atoms with Crippen molar-refractivity contribution >= 4 is 10.0 Å². The van der Waals surface area contributed by atoms with Gasteiger partial charge in [-0.2, -0.15) is 4.31 Å². The highest BCUT2D eigenvalue weighted by Crippen LogP contribution is 2.21. The highest BCUT2D eigenvalue weighted by atomic mass is 32.2. The van der Waals surface area contributed by atoms with E-state index in [0.717, 1.165) is 12.0 Å². The minimum atomic E-state index is -3.44. The summed E-state index contributed by atoms with van der Waals surface area (Å²) in [5.74, 6) is 0. The van der Waals surface area contributed by atoms with E-state index in [9.17, 15) is 8.42 Å². The highest BCUT2D eigenvalue weighted by Gasteiger charge is 2.31. The summed E-state index contributed by atoms with van der Waals surface area (Å²) < 4.78 is 32.3. The summed E-state index contributed by atoms with van der Waals surface area (Å²) in [6.07, 6.45) is 0.599. The van der Waals surface area contributed by atoms with Gasteiger partial charge >= 0.3 is 0 Å². The molecule has 2 atom stereocenters. The van der Waals surface area contributed by atoms with E-state index in [1.165, 1.54) is 4.31 Å². The maximum absolute atomic E-state index is 12.6. The Balaban J connectivity index is 2.21. The van der Waals surface area contributed by atoms with Crippen LogP contribution >= 0.6 is 0 Å². The van der Waals surface area contributed by atoms with Gasteiger partial charge in [-0.15, -0.1) is 0 Å². The minimum Gasteiger partial charge on any atom is -0.373 e. The van der Waals surface area contributed by atoms with E-state index in [0.29, 0.717) is 24.5 Å². The Morgan fingerprint density at radius 1 is 1.20 bits per heavy atom. The van der Waals surface area contributed by atoms with Gasteiger partial charge < -0.3 is 10.5 Å². The average Bonchev–Trinajstić information content (AvgIpc) is 2.38. The first-order valence-corrected chi connectivity index (χ1v) is 8.32. The van der Waals surface area contributed by atoms with E-state index in [4.69, 9.17) is 10.5 Å². The van der Waals surface area contributed by atoms with Crippen molar-refractivity contribution in [3.05, 3.63) is 29.8 Å². The van der Waals surface area contributed by atoms with Crippen molar-refractivity contribution in [2.75, 3.05) is 19.6 Å². The lowest BCUT2D eigenvalue weighted by molar-refractivity contribution is -0.0440. The van der Waals surface area contributed by atoms with Gasteiger partial charge in [0.05, 0.1) is 17.1 Å². The molecule has 1 aliphatic heterocycles. The van der Waals surface area contributed by atoms with Crippen LogP contribution in [0.1, 0.15) is 19.4 Å². The van der Waals surface area contributed by atoms with Crippen LogP contribution in [-0.2, 0) is 21.2 Å². The molecule has 20 heavy (non-hydrogen) atoms. The molecule has 1 aromatic carbocycles. The van der Waals surface area contributed by atoms with Gasteiger partial charge in [0.25, 0.3) is 0 Å². The summed E-state index contributed by atoms with van der Waals surface area (Å²) in [7, 11) is -3.44. The Kier molecular flexibility index (Phi) is 4.80. The third kappa shape index (κ3) is 3.38. The number of morpholine rings is 1. The molecule has 1 aliphatic rings. The summed E-state index contributed by atoms with van der Waals surface area (Å²) in [5.41, 5.74) is 6.54. The Hall–Kier alpha value is -0.950. The summed E-state index contributed by atoms with van der Waals surface area (Å²) in [4.78, 5) is 0.333. The van der Waals surface area contributed by atoms with Crippen LogP contribution in [0.3, 0.4) is 0 Å². The Morgan fingerprint density at radius 3 is 2.25 bits per heavy atom. The maximum atomic E-state index is 12.6. The fraction of sp³-hybridized carbons (Fsp3) is 0.571. The van der Waals surface area contributed by atoms with Crippen molar-refractivity contribution in [2.24, 2.45) is 5.73 Å². The third-order valence-electron chi connectivity index (χ3n) is 3.38. The second-order valence-electron chi connectivity index (χ2n) is 5.26. The van der Waals surface area contributed by atoms with Crippen LogP contribution < -0.4 is 5.73 Å². The van der Waals surface area contributed by atoms with E-state index in [1.807, 2.05) is 26.0 Å². The van der Waals surface area contributed by atoms with Gasteiger partial charge in [-0.25, -0.2) is 8.42 Å². The molecule has 2 rings (SSSR count). The molecule has 1 aromatic rings. The molecule has 0 radical (unpaired) electrons. The number of hydrogen-bond donors (Lipinski definition) is 1. The van der Waals surface area contributed by atoms with E-state index in [-0.39, 0.29) is 12.2 Å². The van der Waals surface area contributed by atoms with Crippen molar-refractivity contribution in [1.29, 1.82) is 0 Å². The fourth-order valence-electron chi connectivity index (χ4n) is 2.47. The topological polar surface area (TPSA) is 72.6 Å². The van der Waals surface area contributed by atoms with Crippen LogP contribution in [-0.4, -0.2) is 44.6 Å². The number of benzene rings is 1. The van der Waals surface area contributed by atoms with Gasteiger partial charge in [-0.1, -0.05) is 12.1 Å². The zero-order valence-corrected chi connectivity index (χ0v) is 12.8. The van der Waals surface area contributed by atoms with Crippen LogP contribution in [0.2, 0.25) is 0 Å². The lowest BCUT2D eigenvalue weighted by atomic mass is 10.2. The molecule has 112 valence electrons. The molecule has 0 spiro atoms. The normalized spacial score (nSPS) is 24.8. The predicted molar refractivity (Wildman–Crippen MR) is 78.0 cm³/mol. The summed E-state index contributed by atoms with van der Waals surface area (Å²) in [6, 6.07) is 6.97. The van der Waals surface area contributed by atoms with Crippen molar-refractivity contribution in [2.45, 2.75) is 37.4 Å². The summed E-state index contributed by atoms with van der Waals surface area (Å²) in [5, 5.41) is 0. The fourth-order valence-corrected chi connectivity index (χ4v) is 4.06. The SMILES string of the molecule is C[C@@H]1CN(S(=O)(=O)c2ccc(CCN)cc2)C[C@H](C)O1. The first-order chi connectivity index (χ1) is 9.43. The minimum absolute atomic E-state index is 0.0787. The van der Waals surface area contributed by atoms with Crippen LogP contribution in [0.5, 0.6) is 0 Å². The zero-order valence-electron chi connectivity index (χ0n) is 12.0. The molecule has 1 saturated heterocycles. The van der Waals surface area contributed by atoms with E-state index in [1.54, 1.807) is 12.1 Å². The molecule has 0 amide bonds. The molecule has 6 heteroatoms. The van der Waals surface area contributed by atoms with Crippen molar-refractivity contribution in [3.63, 3.8) is 0 Å². The summed E-state index contributed by atoms with van der Waals surface area (Å²) >= 11 is 0. The van der Waals surface area contributed by atoms with E-state index < -0.39 is 10.0 Å². The standard InChI is InChI=1S/C14H22N2O3S/c1-11-9-16(10-12(2)19-11)20(17,18)14-5-3-13(4-6-14)7-8-15/h3-6,11-12H,7-10,15H2,1-2H3/t11-,12+. The smallest absolute Gasteiger partial charge is 0.243 e. The average molecular weight is 298 g/mol. The van der Waals surface area contributed by atoms with Crippen LogP contribution in [0.15, 0.2) is 29.2 Å². The number of nitrogens with zero attached hydrogens (tertiary/aromatic N) is 1. The highest BCUT2D eigenvalue weighted by molar-refractivity contribution is 7.89. The number of sulfonamides is 1. The van der Waals surface area contributed by atoms with Crippen LogP contribution in [0.25, 0.3) is 0 Å². The summed E-state index contributed by atoms with van der Waals surface area (Å²) in [6.45, 7) is 5.14. The lowest BCUT2D eigenvalue weighted by Crippen LogP contribution is -2.48. The first-order valence-electron chi connectivity index (χ1n) is 6.88. The Morgan fingerprint density at radius 2 is 1.75 bits per heavy atom. The van der Waals surface area contributed by atoms with Gasteiger partial charge in [0.15, 0.2) is 0 Å². The molecule has 0 unspecified atom stereocenters. The number of ether oxygens (including phenoxy) is 1. The quantitative estimate of drug-likeness (QED) is 0.899. The first kappa shape index (κ1) is 15.4. The Bertz CT molecular complexity index is 532. The number of nitrogens with two attached hydrogens (primary N) is 1. The van der Waals surface area contributed by atoms with Gasteiger partial charge in [-0.3, -0.25) is 0 Å². The zero-order chi connectivity index (χ0) is 14.8. The largest absolute Gasteiger partial charge is 0.373 e. The number of hydrogen-bond acceptors (Lipinski definition) is 4. The molecule has 0 bridgehead atoms. The molecule has 0 aromatic heterocycles. The molecule has 0 aliphatic carbocycles. The second-order valence-corrected chi connectivity index (χ2v) is 7.20.